The van der Waals surface area contributed by atoms with Crippen molar-refractivity contribution in [2.45, 2.75) is 25.3 Å². The Labute approximate surface area is 120 Å². The number of carbonyl (C=O) groups excluding carboxylic acids is 1. The molecule has 0 spiro atoms. The minimum Gasteiger partial charge on any atom is -0.324 e. The van der Waals surface area contributed by atoms with Crippen molar-refractivity contribution in [1.29, 1.82) is 0 Å². The van der Waals surface area contributed by atoms with Gasteiger partial charge in [-0.05, 0) is 56.9 Å². The maximum atomic E-state index is 12.3. The van der Waals surface area contributed by atoms with Crippen molar-refractivity contribution in [3.63, 3.8) is 0 Å². The third-order valence-electron chi connectivity index (χ3n) is 4.44. The van der Waals surface area contributed by atoms with Crippen LogP contribution in [0.2, 0.25) is 0 Å². The highest BCUT2D eigenvalue weighted by atomic mass is 16.2. The maximum absolute atomic E-state index is 12.3. The van der Waals surface area contributed by atoms with Gasteiger partial charge in [0.05, 0.1) is 6.04 Å². The highest BCUT2D eigenvalue weighted by Crippen LogP contribution is 2.22. The Bertz CT molecular complexity index is 488. The van der Waals surface area contributed by atoms with Crippen molar-refractivity contribution in [3.05, 3.63) is 29.8 Å². The molecule has 1 aromatic carbocycles. The van der Waals surface area contributed by atoms with Gasteiger partial charge in [-0.25, -0.2) is 0 Å². The number of rotatable bonds is 3. The van der Waals surface area contributed by atoms with Crippen LogP contribution in [-0.2, 0) is 11.2 Å². The number of hydrogen-bond acceptors (Lipinski definition) is 3. The van der Waals surface area contributed by atoms with Crippen LogP contribution in [0.4, 0.5) is 5.69 Å². The van der Waals surface area contributed by atoms with Crippen molar-refractivity contribution in [1.82, 2.24) is 10.2 Å². The number of para-hydroxylation sites is 1. The average molecular weight is 273 g/mol. The van der Waals surface area contributed by atoms with E-state index >= 15 is 0 Å². The first-order valence-electron chi connectivity index (χ1n) is 7.53. The minimum absolute atomic E-state index is 0.0618. The number of likely N-dealkylation sites (tertiary alicyclic amines) is 1. The van der Waals surface area contributed by atoms with E-state index in [4.69, 9.17) is 0 Å². The van der Waals surface area contributed by atoms with E-state index in [1.807, 2.05) is 18.2 Å². The summed E-state index contributed by atoms with van der Waals surface area (Å²) >= 11 is 0. The van der Waals surface area contributed by atoms with E-state index in [2.05, 4.69) is 28.6 Å². The second kappa shape index (κ2) is 5.94. The second-order valence-corrected chi connectivity index (χ2v) is 6.06. The highest BCUT2D eigenvalue weighted by molar-refractivity contribution is 5.96. The van der Waals surface area contributed by atoms with E-state index < -0.39 is 0 Å². The molecule has 3 rings (SSSR count). The van der Waals surface area contributed by atoms with Crippen LogP contribution >= 0.6 is 0 Å². The molecule has 1 amide bonds. The van der Waals surface area contributed by atoms with Gasteiger partial charge in [0, 0.05) is 12.2 Å². The molecule has 0 aromatic heterocycles. The molecule has 2 aliphatic heterocycles. The van der Waals surface area contributed by atoms with Crippen LogP contribution in [0, 0.1) is 5.92 Å². The monoisotopic (exact) mass is 273 g/mol. The Morgan fingerprint density at radius 1 is 1.35 bits per heavy atom. The van der Waals surface area contributed by atoms with Gasteiger partial charge in [0.15, 0.2) is 0 Å². The Kier molecular flexibility index (Phi) is 4.03. The molecule has 0 aliphatic carbocycles. The molecule has 2 heterocycles. The number of anilines is 1. The van der Waals surface area contributed by atoms with Crippen molar-refractivity contribution < 1.29 is 4.79 Å². The second-order valence-electron chi connectivity index (χ2n) is 6.06. The van der Waals surface area contributed by atoms with Crippen LogP contribution in [0.1, 0.15) is 18.4 Å². The molecule has 2 unspecified atom stereocenters. The number of nitrogens with one attached hydrogen (secondary N) is 2. The van der Waals surface area contributed by atoms with E-state index in [1.165, 1.54) is 18.5 Å². The number of benzene rings is 1. The first-order valence-corrected chi connectivity index (χ1v) is 7.53. The smallest absolute Gasteiger partial charge is 0.241 e. The van der Waals surface area contributed by atoms with E-state index in [0.717, 1.165) is 31.6 Å². The zero-order valence-electron chi connectivity index (χ0n) is 12.1. The minimum atomic E-state index is -0.0618. The van der Waals surface area contributed by atoms with Gasteiger partial charge in [0.2, 0.25) is 5.91 Å². The molecule has 20 heavy (non-hydrogen) atoms. The highest BCUT2D eigenvalue weighted by Gasteiger charge is 2.25. The lowest BCUT2D eigenvalue weighted by atomic mass is 10.0. The van der Waals surface area contributed by atoms with Crippen LogP contribution in [0.3, 0.4) is 0 Å². The number of fused-ring (bicyclic) bond motifs is 1. The van der Waals surface area contributed by atoms with Crippen LogP contribution < -0.4 is 10.6 Å². The third kappa shape index (κ3) is 3.02. The topological polar surface area (TPSA) is 44.4 Å². The molecule has 0 saturated carbocycles. The predicted molar refractivity (Wildman–Crippen MR) is 80.8 cm³/mol. The lowest BCUT2D eigenvalue weighted by Gasteiger charge is -2.18. The molecule has 1 saturated heterocycles. The van der Waals surface area contributed by atoms with Crippen molar-refractivity contribution >= 4 is 11.6 Å². The molecular formula is C16H23N3O. The SMILES string of the molecule is CN1CCC(CNC2CCc3ccccc3NC2=O)C1. The van der Waals surface area contributed by atoms with E-state index in [9.17, 15) is 4.79 Å². The fourth-order valence-electron chi connectivity index (χ4n) is 3.21. The molecule has 0 radical (unpaired) electrons. The molecule has 1 fully saturated rings. The Balaban J connectivity index is 1.57. The predicted octanol–water partition coefficient (Wildman–Crippen LogP) is 1.48. The van der Waals surface area contributed by atoms with E-state index in [1.54, 1.807) is 0 Å². The summed E-state index contributed by atoms with van der Waals surface area (Å²) in [6.07, 6.45) is 3.07. The van der Waals surface area contributed by atoms with Gasteiger partial charge >= 0.3 is 0 Å². The molecule has 2 atom stereocenters. The summed E-state index contributed by atoms with van der Waals surface area (Å²) in [6.45, 7) is 3.26. The van der Waals surface area contributed by atoms with Gasteiger partial charge in [-0.15, -0.1) is 0 Å². The van der Waals surface area contributed by atoms with Crippen LogP contribution in [0.15, 0.2) is 24.3 Å². The number of nitrogens with zero attached hydrogens (tertiary/aromatic N) is 1. The first-order chi connectivity index (χ1) is 9.72. The summed E-state index contributed by atoms with van der Waals surface area (Å²) in [4.78, 5) is 14.6. The fourth-order valence-corrected chi connectivity index (χ4v) is 3.21. The standard InChI is InChI=1S/C16H23N3O/c1-19-9-8-12(11-19)10-17-15-7-6-13-4-2-3-5-14(13)18-16(15)20/h2-5,12,15,17H,6-11H2,1H3,(H,18,20). The molecule has 0 bridgehead atoms. The Morgan fingerprint density at radius 2 is 2.20 bits per heavy atom. The molecular weight excluding hydrogens is 250 g/mol. The zero-order chi connectivity index (χ0) is 13.9. The van der Waals surface area contributed by atoms with Gasteiger partial charge in [-0.1, -0.05) is 18.2 Å². The summed E-state index contributed by atoms with van der Waals surface area (Å²) in [5, 5.41) is 6.51. The Morgan fingerprint density at radius 3 is 3.00 bits per heavy atom. The molecule has 4 heteroatoms. The molecule has 108 valence electrons. The summed E-state index contributed by atoms with van der Waals surface area (Å²) in [6, 6.07) is 8.04. The number of carbonyl (C=O) groups is 1. The lowest BCUT2D eigenvalue weighted by molar-refractivity contribution is -0.118. The van der Waals surface area contributed by atoms with Gasteiger partial charge in [0.25, 0.3) is 0 Å². The van der Waals surface area contributed by atoms with Gasteiger partial charge in [-0.2, -0.15) is 0 Å². The number of aryl methyl sites for hydroxylation is 1. The van der Waals surface area contributed by atoms with E-state index in [0.29, 0.717) is 5.92 Å². The maximum Gasteiger partial charge on any atom is 0.241 e. The first kappa shape index (κ1) is 13.6. The summed E-state index contributed by atoms with van der Waals surface area (Å²) in [5.41, 5.74) is 2.22. The summed E-state index contributed by atoms with van der Waals surface area (Å²) < 4.78 is 0. The van der Waals surface area contributed by atoms with Crippen molar-refractivity contribution in [2.75, 3.05) is 32.0 Å². The summed E-state index contributed by atoms with van der Waals surface area (Å²) in [7, 11) is 2.16. The molecule has 2 aliphatic rings. The fraction of sp³-hybridized carbons (Fsp3) is 0.562. The zero-order valence-corrected chi connectivity index (χ0v) is 12.1. The van der Waals surface area contributed by atoms with E-state index in [-0.39, 0.29) is 11.9 Å². The number of hydrogen-bond donors (Lipinski definition) is 2. The quantitative estimate of drug-likeness (QED) is 0.877. The normalized spacial score (nSPS) is 26.9. The van der Waals surface area contributed by atoms with Gasteiger partial charge in [0.1, 0.15) is 0 Å². The number of amides is 1. The largest absolute Gasteiger partial charge is 0.324 e. The van der Waals surface area contributed by atoms with Crippen molar-refractivity contribution in [3.8, 4) is 0 Å². The van der Waals surface area contributed by atoms with Crippen LogP contribution in [0.25, 0.3) is 0 Å². The molecule has 2 N–H and O–H groups in total. The van der Waals surface area contributed by atoms with Gasteiger partial charge < -0.3 is 15.5 Å². The van der Waals surface area contributed by atoms with Crippen molar-refractivity contribution in [2.24, 2.45) is 5.92 Å². The Hall–Kier alpha value is -1.39. The van der Waals surface area contributed by atoms with Crippen LogP contribution in [0.5, 0.6) is 0 Å². The molecule has 1 aromatic rings. The molecule has 4 nitrogen and oxygen atoms in total. The third-order valence-corrected chi connectivity index (χ3v) is 4.44. The summed E-state index contributed by atoms with van der Waals surface area (Å²) in [5.74, 6) is 0.791. The lowest BCUT2D eigenvalue weighted by Crippen LogP contribution is -2.42. The average Bonchev–Trinajstić information content (AvgIpc) is 2.78. The van der Waals surface area contributed by atoms with Gasteiger partial charge in [-0.3, -0.25) is 4.79 Å². The van der Waals surface area contributed by atoms with Crippen LogP contribution in [-0.4, -0.2) is 43.5 Å².